The van der Waals surface area contributed by atoms with E-state index in [0.29, 0.717) is 17.4 Å². The zero-order valence-electron chi connectivity index (χ0n) is 14.1. The predicted octanol–water partition coefficient (Wildman–Crippen LogP) is 2.57. The maximum absolute atomic E-state index is 5.48. The molecule has 0 fully saturated rings. The van der Waals surface area contributed by atoms with Gasteiger partial charge in [0.15, 0.2) is 5.11 Å². The van der Waals surface area contributed by atoms with Crippen molar-refractivity contribution < 1.29 is 9.47 Å². The zero-order chi connectivity index (χ0) is 17.0. The fraction of sp³-hybridized carbons (Fsp3) is 0.375. The van der Waals surface area contributed by atoms with E-state index in [9.17, 15) is 0 Å². The van der Waals surface area contributed by atoms with Crippen LogP contribution in [0.3, 0.4) is 0 Å². The van der Waals surface area contributed by atoms with Crippen LogP contribution in [0.4, 0.5) is 5.69 Å². The molecule has 1 aromatic carbocycles. The van der Waals surface area contributed by atoms with E-state index >= 15 is 0 Å². The average molecular weight is 334 g/mol. The third-order valence-corrected chi connectivity index (χ3v) is 4.16. The number of anilines is 1. The molecule has 0 aliphatic rings. The fourth-order valence-electron chi connectivity index (χ4n) is 2.14. The summed E-state index contributed by atoms with van der Waals surface area (Å²) in [5, 5.41) is 8.07. The first-order valence-corrected chi connectivity index (χ1v) is 7.58. The summed E-state index contributed by atoms with van der Waals surface area (Å²) >= 11 is 5.48. The molecule has 0 aliphatic carbocycles. The van der Waals surface area contributed by atoms with Gasteiger partial charge in [0.2, 0.25) is 0 Å². The summed E-state index contributed by atoms with van der Waals surface area (Å²) in [6.45, 7) is 2.73. The second-order valence-electron chi connectivity index (χ2n) is 5.23. The Morgan fingerprint density at radius 3 is 2.65 bits per heavy atom. The van der Waals surface area contributed by atoms with Crippen molar-refractivity contribution in [3.63, 3.8) is 0 Å². The van der Waals surface area contributed by atoms with Crippen molar-refractivity contribution in [2.24, 2.45) is 7.05 Å². The second kappa shape index (κ2) is 7.32. The Balaban J connectivity index is 2.07. The van der Waals surface area contributed by atoms with Gasteiger partial charge in [-0.2, -0.15) is 5.10 Å². The maximum atomic E-state index is 5.48. The van der Waals surface area contributed by atoms with Gasteiger partial charge >= 0.3 is 0 Å². The molecule has 0 amide bonds. The number of nitrogens with zero attached hydrogens (tertiary/aromatic N) is 3. The molecular weight excluding hydrogens is 312 g/mol. The lowest BCUT2D eigenvalue weighted by molar-refractivity contribution is 0.395. The van der Waals surface area contributed by atoms with Crippen LogP contribution in [0, 0.1) is 6.92 Å². The number of rotatable bonds is 5. The van der Waals surface area contributed by atoms with E-state index in [1.165, 1.54) is 0 Å². The van der Waals surface area contributed by atoms with Gasteiger partial charge in [0.05, 0.1) is 26.1 Å². The number of methoxy groups -OCH3 is 2. The summed E-state index contributed by atoms with van der Waals surface area (Å²) in [6, 6.07) is 5.56. The Morgan fingerprint density at radius 1 is 1.35 bits per heavy atom. The summed E-state index contributed by atoms with van der Waals surface area (Å²) in [7, 11) is 7.11. The van der Waals surface area contributed by atoms with Crippen LogP contribution in [0.5, 0.6) is 11.5 Å². The first kappa shape index (κ1) is 17.1. The molecule has 124 valence electrons. The molecule has 1 heterocycles. The van der Waals surface area contributed by atoms with Crippen LogP contribution in [0.1, 0.15) is 11.3 Å². The van der Waals surface area contributed by atoms with Gasteiger partial charge in [0.25, 0.3) is 0 Å². The SMILES string of the molecule is COc1ccc(NC(=S)N(C)Cc2cnn(C)c2C)c(OC)c1. The summed E-state index contributed by atoms with van der Waals surface area (Å²) in [6.07, 6.45) is 1.86. The van der Waals surface area contributed by atoms with Crippen LogP contribution < -0.4 is 14.8 Å². The van der Waals surface area contributed by atoms with Gasteiger partial charge in [0, 0.05) is 38.0 Å². The molecular formula is C16H22N4O2S. The number of nitrogens with one attached hydrogen (secondary N) is 1. The molecule has 23 heavy (non-hydrogen) atoms. The van der Waals surface area contributed by atoms with Crippen molar-refractivity contribution in [1.82, 2.24) is 14.7 Å². The number of ether oxygens (including phenoxy) is 2. The lowest BCUT2D eigenvalue weighted by atomic mass is 10.2. The van der Waals surface area contributed by atoms with Gasteiger partial charge < -0.3 is 19.7 Å². The second-order valence-corrected chi connectivity index (χ2v) is 5.62. The highest BCUT2D eigenvalue weighted by Crippen LogP contribution is 2.29. The highest BCUT2D eigenvalue weighted by Gasteiger charge is 2.12. The molecule has 0 unspecified atom stereocenters. The highest BCUT2D eigenvalue weighted by atomic mass is 32.1. The number of aromatic nitrogens is 2. The van der Waals surface area contributed by atoms with E-state index in [2.05, 4.69) is 10.4 Å². The predicted molar refractivity (Wildman–Crippen MR) is 95.2 cm³/mol. The molecule has 7 heteroatoms. The van der Waals surface area contributed by atoms with E-state index in [1.807, 2.05) is 55.0 Å². The number of thiocarbonyl (C=S) groups is 1. The Morgan fingerprint density at radius 2 is 2.09 bits per heavy atom. The molecule has 0 radical (unpaired) electrons. The maximum Gasteiger partial charge on any atom is 0.173 e. The molecule has 1 N–H and O–H groups in total. The van der Waals surface area contributed by atoms with E-state index in [-0.39, 0.29) is 0 Å². The number of hydrogen-bond acceptors (Lipinski definition) is 4. The average Bonchev–Trinajstić information content (AvgIpc) is 2.87. The molecule has 0 bridgehead atoms. The minimum absolute atomic E-state index is 0.608. The molecule has 6 nitrogen and oxygen atoms in total. The molecule has 2 rings (SSSR count). The normalized spacial score (nSPS) is 10.3. The van der Waals surface area contributed by atoms with Gasteiger partial charge in [-0.25, -0.2) is 0 Å². The Hall–Kier alpha value is -2.28. The standard InChI is InChI=1S/C16H22N4O2S/c1-11-12(9-17-20(11)3)10-19(2)16(23)18-14-7-6-13(21-4)8-15(14)22-5/h6-9H,10H2,1-5H3,(H,18,23). The summed E-state index contributed by atoms with van der Waals surface area (Å²) in [5.74, 6) is 1.41. The van der Waals surface area contributed by atoms with Crippen molar-refractivity contribution >= 4 is 23.0 Å². The fourth-order valence-corrected chi connectivity index (χ4v) is 2.31. The van der Waals surface area contributed by atoms with E-state index < -0.39 is 0 Å². The molecule has 0 atom stereocenters. The summed E-state index contributed by atoms with van der Waals surface area (Å²) < 4.78 is 12.4. The van der Waals surface area contributed by atoms with Gasteiger partial charge in [-0.05, 0) is 31.3 Å². The lowest BCUT2D eigenvalue weighted by Crippen LogP contribution is -2.30. The quantitative estimate of drug-likeness (QED) is 0.848. The molecule has 2 aromatic rings. The minimum atomic E-state index is 0.608. The van der Waals surface area contributed by atoms with Crippen LogP contribution in [-0.2, 0) is 13.6 Å². The van der Waals surface area contributed by atoms with E-state index in [0.717, 1.165) is 22.7 Å². The minimum Gasteiger partial charge on any atom is -0.497 e. The first-order valence-electron chi connectivity index (χ1n) is 7.18. The van der Waals surface area contributed by atoms with Crippen LogP contribution >= 0.6 is 12.2 Å². The topological polar surface area (TPSA) is 51.5 Å². The smallest absolute Gasteiger partial charge is 0.173 e. The summed E-state index contributed by atoms with van der Waals surface area (Å²) in [4.78, 5) is 1.96. The van der Waals surface area contributed by atoms with Gasteiger partial charge in [0.1, 0.15) is 11.5 Å². The van der Waals surface area contributed by atoms with Crippen LogP contribution in [0.15, 0.2) is 24.4 Å². The number of hydrogen-bond donors (Lipinski definition) is 1. The van der Waals surface area contributed by atoms with Crippen molar-refractivity contribution in [3.05, 3.63) is 35.7 Å². The van der Waals surface area contributed by atoms with Crippen molar-refractivity contribution in [2.45, 2.75) is 13.5 Å². The van der Waals surface area contributed by atoms with Gasteiger partial charge in [-0.1, -0.05) is 0 Å². The largest absolute Gasteiger partial charge is 0.497 e. The highest BCUT2D eigenvalue weighted by molar-refractivity contribution is 7.80. The molecule has 1 aromatic heterocycles. The zero-order valence-corrected chi connectivity index (χ0v) is 14.9. The monoisotopic (exact) mass is 334 g/mol. The van der Waals surface area contributed by atoms with Crippen LogP contribution in [0.2, 0.25) is 0 Å². The van der Waals surface area contributed by atoms with E-state index in [4.69, 9.17) is 21.7 Å². The Labute approximate surface area is 142 Å². The first-order chi connectivity index (χ1) is 11.0. The number of aryl methyl sites for hydroxylation is 1. The molecule has 0 saturated carbocycles. The number of benzene rings is 1. The van der Waals surface area contributed by atoms with Crippen molar-refractivity contribution in [2.75, 3.05) is 26.6 Å². The lowest BCUT2D eigenvalue weighted by Gasteiger charge is -2.22. The molecule has 0 aliphatic heterocycles. The van der Waals surface area contributed by atoms with Crippen LogP contribution in [0.25, 0.3) is 0 Å². The van der Waals surface area contributed by atoms with E-state index in [1.54, 1.807) is 14.2 Å². The third-order valence-electron chi connectivity index (χ3n) is 3.74. The molecule has 0 saturated heterocycles. The van der Waals surface area contributed by atoms with Crippen molar-refractivity contribution in [1.29, 1.82) is 0 Å². The Kier molecular flexibility index (Phi) is 5.44. The third kappa shape index (κ3) is 3.92. The summed E-state index contributed by atoms with van der Waals surface area (Å²) in [5.41, 5.74) is 3.07. The van der Waals surface area contributed by atoms with Crippen LogP contribution in [-0.4, -0.2) is 41.1 Å². The van der Waals surface area contributed by atoms with Gasteiger partial charge in [-0.3, -0.25) is 4.68 Å². The van der Waals surface area contributed by atoms with Crippen molar-refractivity contribution in [3.8, 4) is 11.5 Å². The molecule has 0 spiro atoms. The van der Waals surface area contributed by atoms with Gasteiger partial charge in [-0.15, -0.1) is 0 Å². The Bertz CT molecular complexity index is 699.